The minimum Gasteiger partial charge on any atom is -0.463 e. The zero-order valence-corrected chi connectivity index (χ0v) is 13.4. The summed E-state index contributed by atoms with van der Waals surface area (Å²) in [4.78, 5) is 14.9. The molecular formula is C15H27N5O. The lowest BCUT2D eigenvalue weighted by Crippen LogP contribution is -2.27. The summed E-state index contributed by atoms with van der Waals surface area (Å²) < 4.78 is 5.49. The molecule has 1 unspecified atom stereocenters. The van der Waals surface area contributed by atoms with Crippen molar-refractivity contribution in [3.05, 3.63) is 0 Å². The highest BCUT2D eigenvalue weighted by molar-refractivity contribution is 5.36. The van der Waals surface area contributed by atoms with Crippen LogP contribution in [-0.2, 0) is 0 Å². The molecule has 0 amide bonds. The lowest BCUT2D eigenvalue weighted by Gasteiger charge is -2.21. The van der Waals surface area contributed by atoms with Crippen molar-refractivity contribution >= 4 is 11.9 Å². The zero-order valence-electron chi connectivity index (χ0n) is 13.4. The molecule has 0 aliphatic carbocycles. The molecule has 1 saturated heterocycles. The topological polar surface area (TPSA) is 77.2 Å². The van der Waals surface area contributed by atoms with Crippen molar-refractivity contribution in [1.82, 2.24) is 15.0 Å². The minimum absolute atomic E-state index is 0.232. The molecule has 1 aromatic heterocycles. The van der Waals surface area contributed by atoms with E-state index in [1.807, 2.05) is 6.92 Å². The van der Waals surface area contributed by atoms with Gasteiger partial charge in [-0.05, 0) is 37.5 Å². The van der Waals surface area contributed by atoms with Crippen molar-refractivity contribution in [2.24, 2.45) is 11.8 Å². The molecule has 0 bridgehead atoms. The molecule has 1 atom stereocenters. The second-order valence-electron chi connectivity index (χ2n) is 6.05. The van der Waals surface area contributed by atoms with Gasteiger partial charge in [0.2, 0.25) is 11.9 Å². The van der Waals surface area contributed by atoms with Crippen LogP contribution in [0.25, 0.3) is 0 Å². The van der Waals surface area contributed by atoms with Crippen LogP contribution in [0.4, 0.5) is 11.9 Å². The van der Waals surface area contributed by atoms with Gasteiger partial charge in [0.05, 0.1) is 6.61 Å². The maximum atomic E-state index is 5.78. The summed E-state index contributed by atoms with van der Waals surface area (Å²) in [5.74, 6) is 2.40. The van der Waals surface area contributed by atoms with E-state index in [0.29, 0.717) is 18.6 Å². The summed E-state index contributed by atoms with van der Waals surface area (Å²) >= 11 is 0. The summed E-state index contributed by atoms with van der Waals surface area (Å²) in [7, 11) is 0. The number of ether oxygens (including phenoxy) is 1. The maximum Gasteiger partial charge on any atom is 0.323 e. The Morgan fingerprint density at radius 2 is 2.05 bits per heavy atom. The number of nitrogens with zero attached hydrogens (tertiary/aromatic N) is 4. The van der Waals surface area contributed by atoms with Crippen LogP contribution < -0.4 is 15.4 Å². The van der Waals surface area contributed by atoms with Crippen molar-refractivity contribution in [1.29, 1.82) is 0 Å². The van der Waals surface area contributed by atoms with E-state index in [0.717, 1.165) is 31.3 Å². The highest BCUT2D eigenvalue weighted by atomic mass is 16.5. The number of aromatic nitrogens is 3. The molecule has 0 radical (unpaired) electrons. The van der Waals surface area contributed by atoms with E-state index in [2.05, 4.69) is 33.7 Å². The van der Waals surface area contributed by atoms with E-state index in [9.17, 15) is 0 Å². The smallest absolute Gasteiger partial charge is 0.323 e. The van der Waals surface area contributed by atoms with Crippen LogP contribution in [0, 0.1) is 11.8 Å². The predicted octanol–water partition coefficient (Wildman–Crippen LogP) is 2.51. The second kappa shape index (κ2) is 7.43. The van der Waals surface area contributed by atoms with Crippen molar-refractivity contribution in [3.63, 3.8) is 0 Å². The Kier molecular flexibility index (Phi) is 5.59. The van der Waals surface area contributed by atoms with E-state index in [1.54, 1.807) is 0 Å². The van der Waals surface area contributed by atoms with E-state index < -0.39 is 0 Å². The van der Waals surface area contributed by atoms with Crippen LogP contribution in [0.5, 0.6) is 6.01 Å². The third-order valence-corrected chi connectivity index (χ3v) is 4.05. The van der Waals surface area contributed by atoms with Gasteiger partial charge in [-0.2, -0.15) is 15.0 Å². The molecule has 21 heavy (non-hydrogen) atoms. The molecule has 0 spiro atoms. The molecule has 1 fully saturated rings. The van der Waals surface area contributed by atoms with Gasteiger partial charge < -0.3 is 15.4 Å². The Balaban J connectivity index is 2.08. The molecule has 6 nitrogen and oxygen atoms in total. The van der Waals surface area contributed by atoms with Crippen LogP contribution >= 0.6 is 0 Å². The van der Waals surface area contributed by atoms with Gasteiger partial charge in [-0.25, -0.2) is 0 Å². The Morgan fingerprint density at radius 1 is 1.24 bits per heavy atom. The molecule has 0 saturated carbocycles. The Hall–Kier alpha value is -1.59. The minimum atomic E-state index is 0.232. The maximum absolute atomic E-state index is 5.78. The Labute approximate surface area is 127 Å². The highest BCUT2D eigenvalue weighted by Crippen LogP contribution is 2.26. The van der Waals surface area contributed by atoms with Gasteiger partial charge >= 0.3 is 6.01 Å². The fraction of sp³-hybridized carbons (Fsp3) is 0.800. The van der Waals surface area contributed by atoms with Crippen molar-refractivity contribution < 1.29 is 4.74 Å². The fourth-order valence-corrected chi connectivity index (χ4v) is 2.75. The molecule has 6 heteroatoms. The van der Waals surface area contributed by atoms with Gasteiger partial charge in [0.1, 0.15) is 0 Å². The standard InChI is InChI=1S/C15H27N5O/c1-4-10-21-15-18-13(16)17-14(19-15)20-8-5-6-12(7-9-20)11(2)3/h11-12H,4-10H2,1-3H3,(H2,16,17,18,19). The molecule has 2 heterocycles. The van der Waals surface area contributed by atoms with Crippen molar-refractivity contribution in [3.8, 4) is 6.01 Å². The molecule has 1 aromatic rings. The average Bonchev–Trinajstić information content (AvgIpc) is 2.70. The largest absolute Gasteiger partial charge is 0.463 e. The summed E-state index contributed by atoms with van der Waals surface area (Å²) in [6.45, 7) is 9.19. The number of hydrogen-bond acceptors (Lipinski definition) is 6. The summed E-state index contributed by atoms with van der Waals surface area (Å²) in [5, 5.41) is 0. The lowest BCUT2D eigenvalue weighted by molar-refractivity contribution is 0.292. The average molecular weight is 293 g/mol. The number of anilines is 2. The van der Waals surface area contributed by atoms with Crippen molar-refractivity contribution in [2.75, 3.05) is 30.3 Å². The first-order valence-electron chi connectivity index (χ1n) is 7.99. The molecule has 2 N–H and O–H groups in total. The Morgan fingerprint density at radius 3 is 2.76 bits per heavy atom. The monoisotopic (exact) mass is 293 g/mol. The van der Waals surface area contributed by atoms with Crippen LogP contribution in [0.15, 0.2) is 0 Å². The van der Waals surface area contributed by atoms with Gasteiger partial charge in [-0.1, -0.05) is 20.8 Å². The summed E-state index contributed by atoms with van der Waals surface area (Å²) in [6, 6.07) is 0.337. The molecule has 118 valence electrons. The molecular weight excluding hydrogens is 266 g/mol. The molecule has 0 aromatic carbocycles. The van der Waals surface area contributed by atoms with E-state index >= 15 is 0 Å². The SMILES string of the molecule is CCCOc1nc(N)nc(N2CCCC(C(C)C)CC2)n1. The summed E-state index contributed by atoms with van der Waals surface area (Å²) in [6.07, 6.45) is 4.53. The van der Waals surface area contributed by atoms with E-state index in [-0.39, 0.29) is 5.95 Å². The number of nitrogen functional groups attached to an aromatic ring is 1. The first-order valence-corrected chi connectivity index (χ1v) is 7.99. The number of hydrogen-bond donors (Lipinski definition) is 1. The first-order chi connectivity index (χ1) is 10.1. The number of rotatable bonds is 5. The van der Waals surface area contributed by atoms with Gasteiger partial charge in [-0.3, -0.25) is 0 Å². The van der Waals surface area contributed by atoms with Gasteiger partial charge in [0.15, 0.2) is 0 Å². The number of nitrogens with two attached hydrogens (primary N) is 1. The zero-order chi connectivity index (χ0) is 15.2. The normalized spacial score (nSPS) is 19.6. The lowest BCUT2D eigenvalue weighted by atomic mass is 9.89. The van der Waals surface area contributed by atoms with Crippen molar-refractivity contribution in [2.45, 2.75) is 46.5 Å². The third kappa shape index (κ3) is 4.44. The quantitative estimate of drug-likeness (QED) is 0.898. The highest BCUT2D eigenvalue weighted by Gasteiger charge is 2.21. The van der Waals surface area contributed by atoms with E-state index in [1.165, 1.54) is 19.3 Å². The second-order valence-corrected chi connectivity index (χ2v) is 6.05. The van der Waals surface area contributed by atoms with Crippen LogP contribution in [0.2, 0.25) is 0 Å². The predicted molar refractivity (Wildman–Crippen MR) is 84.4 cm³/mol. The van der Waals surface area contributed by atoms with Gasteiger partial charge in [-0.15, -0.1) is 0 Å². The molecule has 1 aliphatic heterocycles. The van der Waals surface area contributed by atoms with Crippen LogP contribution in [0.3, 0.4) is 0 Å². The third-order valence-electron chi connectivity index (χ3n) is 4.05. The molecule has 2 rings (SSSR count). The van der Waals surface area contributed by atoms with Gasteiger partial charge in [0, 0.05) is 13.1 Å². The molecule has 1 aliphatic rings. The van der Waals surface area contributed by atoms with Gasteiger partial charge in [0.25, 0.3) is 0 Å². The van der Waals surface area contributed by atoms with Crippen LogP contribution in [-0.4, -0.2) is 34.6 Å². The fourth-order valence-electron chi connectivity index (χ4n) is 2.75. The Bertz CT molecular complexity index is 452. The van der Waals surface area contributed by atoms with E-state index in [4.69, 9.17) is 10.5 Å². The first kappa shape index (κ1) is 15.8. The van der Waals surface area contributed by atoms with Crippen LogP contribution in [0.1, 0.15) is 46.5 Å². The summed E-state index contributed by atoms with van der Waals surface area (Å²) in [5.41, 5.74) is 5.78.